The lowest BCUT2D eigenvalue weighted by Crippen LogP contribution is -2.41. The van der Waals surface area contributed by atoms with Gasteiger partial charge in [0.2, 0.25) is 5.91 Å². The van der Waals surface area contributed by atoms with Crippen molar-refractivity contribution in [2.24, 2.45) is 0 Å². The molecule has 1 atom stereocenters. The summed E-state index contributed by atoms with van der Waals surface area (Å²) >= 11 is 0. The molecule has 164 valence electrons. The molecule has 0 bridgehead atoms. The molecule has 28 heavy (non-hydrogen) atoms. The molecule has 1 amide bonds. The number of rotatable bonds is 17. The number of amides is 1. The highest BCUT2D eigenvalue weighted by molar-refractivity contribution is 5.85. The van der Waals surface area contributed by atoms with E-state index < -0.39 is 0 Å². The fourth-order valence-electron chi connectivity index (χ4n) is 4.02. The molecule has 4 nitrogen and oxygen atoms in total. The van der Waals surface area contributed by atoms with Crippen molar-refractivity contribution in [1.29, 1.82) is 0 Å². The third-order valence-electron chi connectivity index (χ3n) is 5.83. The molecular weight excluding hydrogens is 350 g/mol. The van der Waals surface area contributed by atoms with Gasteiger partial charge in [-0.25, -0.2) is 4.79 Å². The fraction of sp³-hybridized carbons (Fsp3) is 0.917. The summed E-state index contributed by atoms with van der Waals surface area (Å²) in [7, 11) is 0. The molecule has 1 heterocycles. The Kier molecular flexibility index (Phi) is 15.0. The Balaban J connectivity index is 2.10. The highest BCUT2D eigenvalue weighted by Gasteiger charge is 2.34. The van der Waals surface area contributed by atoms with Crippen LogP contribution < -0.4 is 0 Å². The van der Waals surface area contributed by atoms with Crippen LogP contribution in [0.3, 0.4) is 0 Å². The van der Waals surface area contributed by atoms with E-state index in [-0.39, 0.29) is 17.9 Å². The minimum absolute atomic E-state index is 0.138. The van der Waals surface area contributed by atoms with Crippen molar-refractivity contribution in [3.8, 4) is 0 Å². The summed E-state index contributed by atoms with van der Waals surface area (Å²) < 4.78 is 5.49. The topological polar surface area (TPSA) is 46.6 Å². The van der Waals surface area contributed by atoms with Gasteiger partial charge < -0.3 is 9.64 Å². The van der Waals surface area contributed by atoms with Crippen LogP contribution in [0.15, 0.2) is 0 Å². The number of esters is 1. The molecular formula is C24H45NO3. The highest BCUT2D eigenvalue weighted by atomic mass is 16.5. The molecule has 0 aromatic heterocycles. The average Bonchev–Trinajstić information content (AvgIpc) is 3.19. The Hall–Kier alpha value is -1.06. The van der Waals surface area contributed by atoms with Gasteiger partial charge in [-0.1, -0.05) is 90.9 Å². The van der Waals surface area contributed by atoms with Crippen molar-refractivity contribution < 1.29 is 14.3 Å². The molecule has 0 aromatic carbocycles. The summed E-state index contributed by atoms with van der Waals surface area (Å²) in [5.74, 6) is -0.0459. The minimum Gasteiger partial charge on any atom is -0.464 e. The van der Waals surface area contributed by atoms with Gasteiger partial charge in [-0.2, -0.15) is 0 Å². The van der Waals surface area contributed by atoms with Gasteiger partial charge in [-0.3, -0.25) is 4.79 Å². The first-order chi connectivity index (χ1) is 13.7. The largest absolute Gasteiger partial charge is 0.464 e. The van der Waals surface area contributed by atoms with Crippen LogP contribution in [0.4, 0.5) is 0 Å². The second kappa shape index (κ2) is 16.9. The number of likely N-dealkylation sites (tertiary alicyclic amines) is 1. The van der Waals surface area contributed by atoms with E-state index in [0.717, 1.165) is 38.5 Å². The van der Waals surface area contributed by atoms with Crippen LogP contribution in [0.1, 0.15) is 123 Å². The smallest absolute Gasteiger partial charge is 0.328 e. The Bertz CT molecular complexity index is 411. The zero-order valence-electron chi connectivity index (χ0n) is 18.7. The number of hydrogen-bond donors (Lipinski definition) is 0. The molecule has 1 unspecified atom stereocenters. The average molecular weight is 396 g/mol. The van der Waals surface area contributed by atoms with Gasteiger partial charge >= 0.3 is 5.97 Å². The normalized spacial score (nSPS) is 16.5. The van der Waals surface area contributed by atoms with E-state index in [2.05, 4.69) is 13.8 Å². The number of ether oxygens (including phenoxy) is 1. The maximum Gasteiger partial charge on any atom is 0.328 e. The third kappa shape index (κ3) is 11.1. The Labute approximate surface area is 173 Å². The zero-order valence-corrected chi connectivity index (χ0v) is 18.7. The maximum atomic E-state index is 12.5. The summed E-state index contributed by atoms with van der Waals surface area (Å²) in [6, 6.07) is -0.332. The Morgan fingerprint density at radius 3 is 1.93 bits per heavy atom. The van der Waals surface area contributed by atoms with E-state index in [1.54, 1.807) is 4.90 Å². The predicted molar refractivity (Wildman–Crippen MR) is 116 cm³/mol. The van der Waals surface area contributed by atoms with Crippen LogP contribution in [0.25, 0.3) is 0 Å². The molecule has 1 aliphatic heterocycles. The van der Waals surface area contributed by atoms with Crippen molar-refractivity contribution >= 4 is 11.9 Å². The first kappa shape index (κ1) is 25.0. The highest BCUT2D eigenvalue weighted by Crippen LogP contribution is 2.21. The number of nitrogens with zero attached hydrogens (tertiary/aromatic N) is 1. The summed E-state index contributed by atoms with van der Waals surface area (Å²) in [5.41, 5.74) is 0. The van der Waals surface area contributed by atoms with Crippen molar-refractivity contribution in [3.63, 3.8) is 0 Å². The minimum atomic E-state index is -0.332. The molecule has 1 saturated heterocycles. The third-order valence-corrected chi connectivity index (χ3v) is 5.83. The summed E-state index contributed by atoms with van der Waals surface area (Å²) in [4.78, 5) is 26.6. The van der Waals surface area contributed by atoms with Crippen LogP contribution in [0, 0.1) is 0 Å². The fourth-order valence-corrected chi connectivity index (χ4v) is 4.02. The van der Waals surface area contributed by atoms with E-state index in [1.807, 2.05) is 0 Å². The Morgan fingerprint density at radius 1 is 0.786 bits per heavy atom. The number of carbonyl (C=O) groups excluding carboxylic acids is 2. The van der Waals surface area contributed by atoms with Crippen LogP contribution >= 0.6 is 0 Å². The molecule has 1 aliphatic rings. The van der Waals surface area contributed by atoms with Crippen molar-refractivity contribution in [1.82, 2.24) is 4.90 Å². The summed E-state index contributed by atoms with van der Waals surface area (Å²) in [6.07, 6.45) is 19.3. The first-order valence-corrected chi connectivity index (χ1v) is 12.2. The van der Waals surface area contributed by atoms with E-state index in [4.69, 9.17) is 4.74 Å². The molecule has 1 rings (SSSR count). The molecule has 0 spiro atoms. The predicted octanol–water partition coefficient (Wildman–Crippen LogP) is 6.41. The van der Waals surface area contributed by atoms with E-state index in [1.165, 1.54) is 64.2 Å². The molecule has 0 radical (unpaired) electrons. The van der Waals surface area contributed by atoms with Gasteiger partial charge in [0.05, 0.1) is 6.61 Å². The first-order valence-electron chi connectivity index (χ1n) is 12.2. The van der Waals surface area contributed by atoms with Gasteiger partial charge in [-0.15, -0.1) is 0 Å². The van der Waals surface area contributed by atoms with E-state index in [9.17, 15) is 9.59 Å². The molecule has 0 aromatic rings. The van der Waals surface area contributed by atoms with E-state index >= 15 is 0 Å². The molecule has 0 aliphatic carbocycles. The van der Waals surface area contributed by atoms with Crippen LogP contribution in [-0.4, -0.2) is 36.0 Å². The molecule has 0 saturated carbocycles. The van der Waals surface area contributed by atoms with Crippen molar-refractivity contribution in [2.75, 3.05) is 13.2 Å². The van der Waals surface area contributed by atoms with Gasteiger partial charge in [0.1, 0.15) is 6.04 Å². The molecule has 1 fully saturated rings. The van der Waals surface area contributed by atoms with Crippen LogP contribution in [0.5, 0.6) is 0 Å². The quantitative estimate of drug-likeness (QED) is 0.211. The van der Waals surface area contributed by atoms with Crippen LogP contribution in [-0.2, 0) is 14.3 Å². The lowest BCUT2D eigenvalue weighted by Gasteiger charge is -2.23. The second-order valence-electron chi connectivity index (χ2n) is 8.41. The summed E-state index contributed by atoms with van der Waals surface area (Å²) in [5, 5.41) is 0. The Morgan fingerprint density at radius 2 is 1.32 bits per heavy atom. The van der Waals surface area contributed by atoms with Gasteiger partial charge in [-0.05, 0) is 25.7 Å². The van der Waals surface area contributed by atoms with Gasteiger partial charge in [0.15, 0.2) is 0 Å². The standard InChI is InChI=1S/C24H45NO3/c1-3-5-7-9-10-11-12-14-16-21-28-24(27)22-18-17-20-25(22)23(26)19-15-13-8-6-4-2/h22H,3-21H2,1-2H3. The summed E-state index contributed by atoms with van der Waals surface area (Å²) in [6.45, 7) is 5.66. The van der Waals surface area contributed by atoms with Crippen molar-refractivity contribution in [3.05, 3.63) is 0 Å². The maximum absolute atomic E-state index is 12.5. The van der Waals surface area contributed by atoms with Gasteiger partial charge in [0.25, 0.3) is 0 Å². The lowest BCUT2D eigenvalue weighted by molar-refractivity contribution is -0.153. The number of carbonyl (C=O) groups is 2. The van der Waals surface area contributed by atoms with Gasteiger partial charge in [0, 0.05) is 13.0 Å². The van der Waals surface area contributed by atoms with E-state index in [0.29, 0.717) is 19.6 Å². The lowest BCUT2D eigenvalue weighted by atomic mass is 10.1. The second-order valence-corrected chi connectivity index (χ2v) is 8.41. The molecule has 0 N–H and O–H groups in total. The zero-order chi connectivity index (χ0) is 20.5. The monoisotopic (exact) mass is 395 g/mol. The van der Waals surface area contributed by atoms with Crippen molar-refractivity contribution in [2.45, 2.75) is 129 Å². The number of unbranched alkanes of at least 4 members (excludes halogenated alkanes) is 12. The number of hydrogen-bond acceptors (Lipinski definition) is 3. The van der Waals surface area contributed by atoms with Crippen LogP contribution in [0.2, 0.25) is 0 Å². The molecule has 4 heteroatoms. The SMILES string of the molecule is CCCCCCCCCCCOC(=O)C1CCCN1C(=O)CCCCCCC.